The van der Waals surface area contributed by atoms with Gasteiger partial charge < -0.3 is 11.1 Å². The van der Waals surface area contributed by atoms with Crippen LogP contribution in [0.4, 0.5) is 17.3 Å². The lowest BCUT2D eigenvalue weighted by molar-refractivity contribution is 0.687. The monoisotopic (exact) mass is 498 g/mol. The molecular weight excluding hydrogens is 476 g/mol. The van der Waals surface area contributed by atoms with Gasteiger partial charge in [0, 0.05) is 35.4 Å². The first-order chi connectivity index (χ1) is 17.5. The molecule has 0 aliphatic rings. The molecule has 0 aliphatic heterocycles. The predicted octanol–water partition coefficient (Wildman–Crippen LogP) is 4.48. The quantitative estimate of drug-likeness (QED) is 0.340. The summed E-state index contributed by atoms with van der Waals surface area (Å²) in [6, 6.07) is 19.0. The Kier molecular flexibility index (Phi) is 6.46. The molecule has 0 spiro atoms. The summed E-state index contributed by atoms with van der Waals surface area (Å²) in [6.07, 6.45) is 5.76. The van der Waals surface area contributed by atoms with E-state index in [1.807, 2.05) is 61.5 Å². The number of hydrogen-bond acceptors (Lipinski definition) is 7. The zero-order valence-corrected chi connectivity index (χ0v) is 20.2. The van der Waals surface area contributed by atoms with Crippen LogP contribution >= 0.6 is 11.6 Å². The third kappa shape index (κ3) is 5.26. The van der Waals surface area contributed by atoms with Crippen molar-refractivity contribution in [3.63, 3.8) is 0 Å². The molecule has 180 valence electrons. The van der Waals surface area contributed by atoms with Crippen LogP contribution in [0.5, 0.6) is 0 Å². The fourth-order valence-corrected chi connectivity index (χ4v) is 3.89. The average molecular weight is 499 g/mol. The third-order valence-corrected chi connectivity index (χ3v) is 5.72. The molecule has 5 aromatic rings. The van der Waals surface area contributed by atoms with Gasteiger partial charge in [-0.2, -0.15) is 10.1 Å². The number of aryl methyl sites for hydroxylation is 1. The lowest BCUT2D eigenvalue weighted by Gasteiger charge is -2.12. The maximum absolute atomic E-state index is 12.3. The van der Waals surface area contributed by atoms with Gasteiger partial charge in [-0.3, -0.25) is 9.25 Å². The fraction of sp³-hybridized carbons (Fsp3) is 0.115. The molecule has 0 radical (unpaired) electrons. The van der Waals surface area contributed by atoms with Gasteiger partial charge in [0.05, 0.1) is 23.5 Å². The highest BCUT2D eigenvalue weighted by molar-refractivity contribution is 6.30. The summed E-state index contributed by atoms with van der Waals surface area (Å²) < 4.78 is 3.22. The van der Waals surface area contributed by atoms with Gasteiger partial charge in [-0.25, -0.2) is 14.8 Å². The number of anilines is 3. The van der Waals surface area contributed by atoms with Crippen LogP contribution in [0.15, 0.2) is 84.0 Å². The number of benzene rings is 2. The Morgan fingerprint density at radius 2 is 1.86 bits per heavy atom. The highest BCUT2D eigenvalue weighted by atomic mass is 35.5. The summed E-state index contributed by atoms with van der Waals surface area (Å²) in [6.45, 7) is 2.68. The summed E-state index contributed by atoms with van der Waals surface area (Å²) in [7, 11) is 0. The van der Waals surface area contributed by atoms with Crippen LogP contribution in [-0.4, -0.2) is 29.3 Å². The van der Waals surface area contributed by atoms with Gasteiger partial charge in [-0.05, 0) is 42.3 Å². The number of nitrogens with zero attached hydrogens (tertiary/aromatic N) is 6. The zero-order valence-electron chi connectivity index (χ0n) is 19.5. The van der Waals surface area contributed by atoms with E-state index in [-0.39, 0.29) is 5.82 Å². The minimum absolute atomic E-state index is 0.181. The molecule has 3 aromatic heterocycles. The number of halogens is 1. The first-order valence-electron chi connectivity index (χ1n) is 11.3. The second-order valence-electron chi connectivity index (χ2n) is 8.16. The highest BCUT2D eigenvalue weighted by Crippen LogP contribution is 2.23. The van der Waals surface area contributed by atoms with Crippen molar-refractivity contribution in [3.05, 3.63) is 106 Å². The van der Waals surface area contributed by atoms with Crippen LogP contribution in [0, 0.1) is 0 Å². The van der Waals surface area contributed by atoms with Crippen molar-refractivity contribution in [2.45, 2.75) is 19.9 Å². The molecule has 0 atom stereocenters. The van der Waals surface area contributed by atoms with E-state index in [2.05, 4.69) is 15.4 Å². The lowest BCUT2D eigenvalue weighted by Crippen LogP contribution is -2.21. The molecule has 0 saturated carbocycles. The Balaban J connectivity index is 1.40. The van der Waals surface area contributed by atoms with E-state index < -0.39 is 5.69 Å². The smallest absolute Gasteiger partial charge is 0.354 e. The van der Waals surface area contributed by atoms with Crippen molar-refractivity contribution in [1.29, 1.82) is 0 Å². The predicted molar refractivity (Wildman–Crippen MR) is 141 cm³/mol. The highest BCUT2D eigenvalue weighted by Gasteiger charge is 2.10. The Morgan fingerprint density at radius 3 is 2.58 bits per heavy atom. The van der Waals surface area contributed by atoms with Crippen LogP contribution in [0.3, 0.4) is 0 Å². The SMILES string of the molecule is CCc1cc(Nc2ccc(Cn3cc(Cl)cn3)cc2)nc(-c2cccc(-n3ccc(N)nc3=O)c2)n1. The minimum atomic E-state index is -0.447. The molecule has 3 heterocycles. The van der Waals surface area contributed by atoms with Crippen molar-refractivity contribution in [2.75, 3.05) is 11.1 Å². The number of hydrogen-bond donors (Lipinski definition) is 2. The molecule has 0 fully saturated rings. The van der Waals surface area contributed by atoms with E-state index in [0.29, 0.717) is 28.9 Å². The summed E-state index contributed by atoms with van der Waals surface area (Å²) in [5.74, 6) is 1.42. The molecule has 0 aliphatic carbocycles. The first-order valence-corrected chi connectivity index (χ1v) is 11.7. The lowest BCUT2D eigenvalue weighted by atomic mass is 10.1. The topological polar surface area (TPSA) is 117 Å². The van der Waals surface area contributed by atoms with Crippen LogP contribution in [0.25, 0.3) is 17.1 Å². The molecule has 10 heteroatoms. The Labute approximate surface area is 212 Å². The summed E-state index contributed by atoms with van der Waals surface area (Å²) in [4.78, 5) is 25.5. The van der Waals surface area contributed by atoms with Crippen LogP contribution < -0.4 is 16.7 Å². The van der Waals surface area contributed by atoms with Gasteiger partial charge in [0.25, 0.3) is 0 Å². The molecule has 0 bridgehead atoms. The first kappa shape index (κ1) is 23.3. The standard InChI is InChI=1S/C26H23ClN8O/c1-2-20-13-24(30-21-8-6-17(7-9-21)15-34-16-19(27)14-29-34)33-25(31-20)18-4-3-5-22(12-18)35-11-10-23(28)32-26(35)36/h3-14,16H,2,15H2,1H3,(H2,28,32,36)(H,30,31,33). The van der Waals surface area contributed by atoms with E-state index in [0.717, 1.165) is 28.9 Å². The fourth-order valence-electron chi connectivity index (χ4n) is 3.73. The Morgan fingerprint density at radius 1 is 1.03 bits per heavy atom. The van der Waals surface area contributed by atoms with Crippen molar-refractivity contribution in [3.8, 4) is 17.1 Å². The average Bonchev–Trinajstić information content (AvgIpc) is 3.29. The molecule has 0 amide bonds. The molecule has 9 nitrogen and oxygen atoms in total. The van der Waals surface area contributed by atoms with E-state index in [4.69, 9.17) is 27.3 Å². The van der Waals surface area contributed by atoms with Crippen LogP contribution in [0.2, 0.25) is 5.02 Å². The summed E-state index contributed by atoms with van der Waals surface area (Å²) in [5, 5.41) is 8.20. The maximum atomic E-state index is 12.3. The molecule has 36 heavy (non-hydrogen) atoms. The molecule has 0 saturated heterocycles. The van der Waals surface area contributed by atoms with Crippen molar-refractivity contribution in [2.24, 2.45) is 0 Å². The van der Waals surface area contributed by atoms with Crippen LogP contribution in [-0.2, 0) is 13.0 Å². The number of aromatic nitrogens is 6. The second kappa shape index (κ2) is 10.0. The van der Waals surface area contributed by atoms with Gasteiger partial charge in [0.15, 0.2) is 5.82 Å². The largest absolute Gasteiger partial charge is 0.383 e. The number of nitrogen functional groups attached to an aromatic ring is 1. The molecule has 0 unspecified atom stereocenters. The Hall–Kier alpha value is -4.50. The molecular formula is C26H23ClN8O. The number of rotatable bonds is 7. The zero-order chi connectivity index (χ0) is 25.1. The van der Waals surface area contributed by atoms with E-state index >= 15 is 0 Å². The number of nitrogens with two attached hydrogens (primary N) is 1. The van der Waals surface area contributed by atoms with Gasteiger partial charge >= 0.3 is 5.69 Å². The number of nitrogens with one attached hydrogen (secondary N) is 1. The van der Waals surface area contributed by atoms with E-state index in [9.17, 15) is 4.79 Å². The summed E-state index contributed by atoms with van der Waals surface area (Å²) in [5.41, 5.74) is 9.50. The van der Waals surface area contributed by atoms with Gasteiger partial charge in [-0.1, -0.05) is 42.8 Å². The van der Waals surface area contributed by atoms with Gasteiger partial charge in [0.2, 0.25) is 0 Å². The van der Waals surface area contributed by atoms with Crippen molar-refractivity contribution < 1.29 is 0 Å². The molecule has 2 aromatic carbocycles. The van der Waals surface area contributed by atoms with Gasteiger partial charge in [0.1, 0.15) is 11.6 Å². The normalized spacial score (nSPS) is 10.9. The third-order valence-electron chi connectivity index (χ3n) is 5.52. The Bertz CT molecular complexity index is 1580. The molecule has 3 N–H and O–H groups in total. The minimum Gasteiger partial charge on any atom is -0.383 e. The van der Waals surface area contributed by atoms with E-state index in [1.54, 1.807) is 29.3 Å². The second-order valence-corrected chi connectivity index (χ2v) is 8.59. The maximum Gasteiger partial charge on any atom is 0.354 e. The van der Waals surface area contributed by atoms with Gasteiger partial charge in [-0.15, -0.1) is 0 Å². The summed E-state index contributed by atoms with van der Waals surface area (Å²) >= 11 is 5.95. The van der Waals surface area contributed by atoms with Crippen molar-refractivity contribution in [1.82, 2.24) is 29.3 Å². The van der Waals surface area contributed by atoms with E-state index in [1.165, 1.54) is 4.57 Å². The van der Waals surface area contributed by atoms with Crippen molar-refractivity contribution >= 4 is 28.9 Å². The molecule has 5 rings (SSSR count). The van der Waals surface area contributed by atoms with Crippen LogP contribution in [0.1, 0.15) is 18.2 Å².